The summed E-state index contributed by atoms with van der Waals surface area (Å²) in [6.07, 6.45) is 8.95. The topological polar surface area (TPSA) is 50.9 Å². The normalized spacial score (nSPS) is 25.4. The van der Waals surface area contributed by atoms with Crippen LogP contribution < -0.4 is 11.3 Å². The number of hydrogen-bond donors (Lipinski definition) is 2. The molecule has 0 saturated heterocycles. The van der Waals surface area contributed by atoms with Gasteiger partial charge < -0.3 is 0 Å². The van der Waals surface area contributed by atoms with Gasteiger partial charge in [-0.05, 0) is 67.1 Å². The third-order valence-electron chi connectivity index (χ3n) is 5.06. The van der Waals surface area contributed by atoms with Crippen LogP contribution in [0.3, 0.4) is 0 Å². The Balaban J connectivity index is 2.06. The van der Waals surface area contributed by atoms with E-state index in [4.69, 9.17) is 5.84 Å². The van der Waals surface area contributed by atoms with Crippen LogP contribution in [-0.4, -0.2) is 4.98 Å². The third kappa shape index (κ3) is 3.39. The molecule has 1 aromatic rings. The average Bonchev–Trinajstić information content (AvgIpc) is 2.41. The lowest BCUT2D eigenvalue weighted by Gasteiger charge is -2.39. The fraction of sp³-hybridized carbons (Fsp3) is 0.706. The first-order chi connectivity index (χ1) is 9.43. The van der Waals surface area contributed by atoms with Crippen molar-refractivity contribution in [2.45, 2.75) is 59.4 Å². The predicted octanol–water partition coefficient (Wildman–Crippen LogP) is 3.75. The van der Waals surface area contributed by atoms with Crippen molar-refractivity contribution in [2.75, 3.05) is 0 Å². The molecule has 3 N–H and O–H groups in total. The summed E-state index contributed by atoms with van der Waals surface area (Å²) in [5.74, 6) is 7.31. The van der Waals surface area contributed by atoms with Crippen molar-refractivity contribution in [3.8, 4) is 0 Å². The van der Waals surface area contributed by atoms with Gasteiger partial charge in [0, 0.05) is 12.4 Å². The third-order valence-corrected chi connectivity index (χ3v) is 5.06. The van der Waals surface area contributed by atoms with Crippen LogP contribution in [-0.2, 0) is 0 Å². The second kappa shape index (κ2) is 6.23. The zero-order chi connectivity index (χ0) is 14.8. The number of aromatic nitrogens is 1. The summed E-state index contributed by atoms with van der Waals surface area (Å²) in [6, 6.07) is 2.31. The molecule has 1 atom stereocenters. The van der Waals surface area contributed by atoms with Crippen LogP contribution in [0.15, 0.2) is 18.5 Å². The average molecular weight is 275 g/mol. The lowest BCUT2D eigenvalue weighted by atomic mass is 9.68. The van der Waals surface area contributed by atoms with Crippen LogP contribution in [0.2, 0.25) is 0 Å². The molecule has 112 valence electrons. The van der Waals surface area contributed by atoms with Crippen LogP contribution >= 0.6 is 0 Å². The summed E-state index contributed by atoms with van der Waals surface area (Å²) in [7, 11) is 0. The molecule has 1 aromatic heterocycles. The number of nitrogens with zero attached hydrogens (tertiary/aromatic N) is 1. The van der Waals surface area contributed by atoms with E-state index in [9.17, 15) is 0 Å². The van der Waals surface area contributed by atoms with Gasteiger partial charge in [0.05, 0.1) is 6.04 Å². The number of rotatable bonds is 3. The predicted molar refractivity (Wildman–Crippen MR) is 83.9 cm³/mol. The number of pyridine rings is 1. The van der Waals surface area contributed by atoms with Gasteiger partial charge in [0.1, 0.15) is 0 Å². The molecule has 1 heterocycles. The number of aryl methyl sites for hydroxylation is 1. The molecular formula is C17H29N3. The Morgan fingerprint density at radius 3 is 2.40 bits per heavy atom. The molecule has 1 aliphatic carbocycles. The Bertz CT molecular complexity index is 428. The summed E-state index contributed by atoms with van der Waals surface area (Å²) < 4.78 is 0. The van der Waals surface area contributed by atoms with Crippen molar-refractivity contribution in [3.63, 3.8) is 0 Å². The van der Waals surface area contributed by atoms with Crippen LogP contribution in [0.25, 0.3) is 0 Å². The van der Waals surface area contributed by atoms with Crippen molar-refractivity contribution in [1.82, 2.24) is 10.4 Å². The van der Waals surface area contributed by atoms with E-state index in [2.05, 4.69) is 44.2 Å². The Hall–Kier alpha value is -0.930. The van der Waals surface area contributed by atoms with Gasteiger partial charge >= 0.3 is 0 Å². The Kier molecular flexibility index (Phi) is 4.82. The van der Waals surface area contributed by atoms with Gasteiger partial charge in [-0.1, -0.05) is 20.8 Å². The standard InChI is InChI=1S/C17H29N3/c1-12-9-10-19-11-15(12)16(20-18)13-5-7-14(8-6-13)17(2,3)4/h9-11,13-14,16,20H,5-8,18H2,1-4H3. The summed E-state index contributed by atoms with van der Waals surface area (Å²) in [5.41, 5.74) is 6.01. The summed E-state index contributed by atoms with van der Waals surface area (Å²) in [6.45, 7) is 9.23. The maximum Gasteiger partial charge on any atom is 0.0506 e. The first-order valence-corrected chi connectivity index (χ1v) is 7.80. The molecule has 1 saturated carbocycles. The molecule has 0 aliphatic heterocycles. The molecule has 1 aliphatic rings. The van der Waals surface area contributed by atoms with Gasteiger partial charge in [-0.25, -0.2) is 0 Å². The summed E-state index contributed by atoms with van der Waals surface area (Å²) in [5, 5.41) is 0. The molecule has 20 heavy (non-hydrogen) atoms. The maximum atomic E-state index is 5.85. The first kappa shape index (κ1) is 15.5. The minimum absolute atomic E-state index is 0.240. The van der Waals surface area contributed by atoms with E-state index >= 15 is 0 Å². The van der Waals surface area contributed by atoms with E-state index in [1.54, 1.807) is 0 Å². The highest BCUT2D eigenvalue weighted by Crippen LogP contribution is 2.43. The van der Waals surface area contributed by atoms with Gasteiger partial charge in [0.2, 0.25) is 0 Å². The fourth-order valence-corrected chi connectivity index (χ4v) is 3.60. The quantitative estimate of drug-likeness (QED) is 0.652. The van der Waals surface area contributed by atoms with Crippen LogP contribution in [0.5, 0.6) is 0 Å². The van der Waals surface area contributed by atoms with Gasteiger partial charge in [-0.2, -0.15) is 0 Å². The summed E-state index contributed by atoms with van der Waals surface area (Å²) >= 11 is 0. The van der Waals surface area contributed by atoms with Crippen LogP contribution in [0, 0.1) is 24.2 Å². The highest BCUT2D eigenvalue weighted by molar-refractivity contribution is 5.25. The maximum absolute atomic E-state index is 5.85. The van der Waals surface area contributed by atoms with E-state index in [-0.39, 0.29) is 6.04 Å². The molecule has 0 amide bonds. The molecule has 0 radical (unpaired) electrons. The van der Waals surface area contributed by atoms with Crippen molar-refractivity contribution in [2.24, 2.45) is 23.1 Å². The van der Waals surface area contributed by atoms with E-state index < -0.39 is 0 Å². The first-order valence-electron chi connectivity index (χ1n) is 7.80. The second-order valence-corrected chi connectivity index (χ2v) is 7.35. The van der Waals surface area contributed by atoms with Crippen LogP contribution in [0.4, 0.5) is 0 Å². The number of hydrogen-bond acceptors (Lipinski definition) is 3. The Labute approximate surface area is 123 Å². The van der Waals surface area contributed by atoms with Crippen molar-refractivity contribution < 1.29 is 0 Å². The van der Waals surface area contributed by atoms with E-state index in [0.717, 1.165) is 5.92 Å². The lowest BCUT2D eigenvalue weighted by molar-refractivity contribution is 0.132. The number of nitrogens with two attached hydrogens (primary N) is 1. The van der Waals surface area contributed by atoms with Crippen molar-refractivity contribution in [1.29, 1.82) is 0 Å². The van der Waals surface area contributed by atoms with Gasteiger partial charge in [0.25, 0.3) is 0 Å². The monoisotopic (exact) mass is 275 g/mol. The van der Waals surface area contributed by atoms with Crippen molar-refractivity contribution >= 4 is 0 Å². The Morgan fingerprint density at radius 2 is 1.90 bits per heavy atom. The zero-order valence-electron chi connectivity index (χ0n) is 13.3. The van der Waals surface area contributed by atoms with Crippen molar-refractivity contribution in [3.05, 3.63) is 29.6 Å². The highest BCUT2D eigenvalue weighted by atomic mass is 15.2. The molecule has 3 heteroatoms. The van der Waals surface area contributed by atoms with E-state index in [1.807, 2.05) is 12.4 Å². The minimum Gasteiger partial charge on any atom is -0.271 e. The molecule has 1 unspecified atom stereocenters. The molecule has 2 rings (SSSR count). The van der Waals surface area contributed by atoms with Gasteiger partial charge in [-0.3, -0.25) is 16.3 Å². The zero-order valence-corrected chi connectivity index (χ0v) is 13.3. The smallest absolute Gasteiger partial charge is 0.0506 e. The van der Waals surface area contributed by atoms with E-state index in [0.29, 0.717) is 11.3 Å². The van der Waals surface area contributed by atoms with Crippen LogP contribution in [0.1, 0.15) is 63.6 Å². The second-order valence-electron chi connectivity index (χ2n) is 7.35. The molecule has 0 aromatic carbocycles. The molecule has 0 spiro atoms. The molecule has 3 nitrogen and oxygen atoms in total. The number of nitrogens with one attached hydrogen (secondary N) is 1. The fourth-order valence-electron chi connectivity index (χ4n) is 3.60. The SMILES string of the molecule is Cc1ccncc1C(NN)C1CCC(C(C)(C)C)CC1. The van der Waals surface area contributed by atoms with Gasteiger partial charge in [-0.15, -0.1) is 0 Å². The van der Waals surface area contributed by atoms with E-state index in [1.165, 1.54) is 36.8 Å². The largest absolute Gasteiger partial charge is 0.271 e. The number of hydrazine groups is 1. The Morgan fingerprint density at radius 1 is 1.25 bits per heavy atom. The molecule has 1 fully saturated rings. The highest BCUT2D eigenvalue weighted by Gasteiger charge is 2.33. The molecular weight excluding hydrogens is 246 g/mol. The minimum atomic E-state index is 0.240. The van der Waals surface area contributed by atoms with Gasteiger partial charge in [0.15, 0.2) is 0 Å². The molecule has 0 bridgehead atoms. The lowest BCUT2D eigenvalue weighted by Crippen LogP contribution is -2.37. The summed E-state index contributed by atoms with van der Waals surface area (Å²) in [4.78, 5) is 4.27.